The number of nitrogens with zero attached hydrogens (tertiary/aromatic N) is 1. The molecule has 0 N–H and O–H groups in total. The number of carbonyl (C=O) groups is 1. The molecule has 1 aliphatic rings. The molecule has 1 aromatic rings. The minimum Gasteiger partial charge on any atom is -0.493 e. The fraction of sp³-hybridized carbons (Fsp3) is 0.562. The van der Waals surface area contributed by atoms with Crippen molar-refractivity contribution in [3.63, 3.8) is 0 Å². The first-order chi connectivity index (χ1) is 10.1. The summed E-state index contributed by atoms with van der Waals surface area (Å²) in [6, 6.07) is 4.08. The third-order valence-electron chi connectivity index (χ3n) is 4.02. The summed E-state index contributed by atoms with van der Waals surface area (Å²) in [6.07, 6.45) is 3.70. The van der Waals surface area contributed by atoms with Gasteiger partial charge in [0.1, 0.15) is 0 Å². The van der Waals surface area contributed by atoms with Gasteiger partial charge in [0, 0.05) is 13.1 Å². The molecule has 0 radical (unpaired) electrons. The van der Waals surface area contributed by atoms with Gasteiger partial charge in [-0.1, -0.05) is 0 Å². The van der Waals surface area contributed by atoms with Crippen molar-refractivity contribution in [2.75, 3.05) is 33.6 Å². The van der Waals surface area contributed by atoms with E-state index in [4.69, 9.17) is 9.47 Å². The van der Waals surface area contributed by atoms with Crippen molar-refractivity contribution in [3.8, 4) is 11.5 Å². The molecule has 2 rings (SSSR count). The maximum absolute atomic E-state index is 12.3. The maximum atomic E-state index is 12.3. The molecule has 1 aliphatic heterocycles. The summed E-state index contributed by atoms with van der Waals surface area (Å²) in [5, 5.41) is 0.0234. The van der Waals surface area contributed by atoms with Gasteiger partial charge in [0.15, 0.2) is 11.5 Å². The van der Waals surface area contributed by atoms with E-state index in [9.17, 15) is 4.79 Å². The number of amides is 1. The van der Waals surface area contributed by atoms with Crippen molar-refractivity contribution < 1.29 is 14.3 Å². The van der Waals surface area contributed by atoms with Gasteiger partial charge in [-0.05, 0) is 49.3 Å². The van der Waals surface area contributed by atoms with Crippen LogP contribution in [0.25, 0.3) is 0 Å². The number of benzene rings is 1. The Morgan fingerprint density at radius 3 is 2.00 bits per heavy atom. The van der Waals surface area contributed by atoms with Gasteiger partial charge in [-0.25, -0.2) is 0 Å². The minimum atomic E-state index is 0.0234. The summed E-state index contributed by atoms with van der Waals surface area (Å²) in [6.45, 7) is 3.51. The van der Waals surface area contributed by atoms with Crippen molar-refractivity contribution in [2.24, 2.45) is 0 Å². The molecule has 1 unspecified atom stereocenters. The Hall–Kier alpha value is -1.36. The number of rotatable bonds is 4. The molecule has 0 saturated heterocycles. The first kappa shape index (κ1) is 16.0. The van der Waals surface area contributed by atoms with Gasteiger partial charge in [-0.15, -0.1) is 0 Å². The van der Waals surface area contributed by atoms with Crippen LogP contribution >= 0.6 is 11.8 Å². The molecule has 0 bridgehead atoms. The Morgan fingerprint density at radius 2 is 1.62 bits per heavy atom. The van der Waals surface area contributed by atoms with E-state index >= 15 is 0 Å². The van der Waals surface area contributed by atoms with E-state index in [-0.39, 0.29) is 11.2 Å². The predicted octanol–water partition coefficient (Wildman–Crippen LogP) is 2.38. The molecule has 1 aromatic carbocycles. The largest absolute Gasteiger partial charge is 0.493 e. The SMILES string of the molecule is COc1cc2c(cc1OC)CCN(C(=O)C(C)SC)CC2. The van der Waals surface area contributed by atoms with Gasteiger partial charge in [0.05, 0.1) is 19.5 Å². The van der Waals surface area contributed by atoms with Crippen molar-refractivity contribution in [1.29, 1.82) is 0 Å². The first-order valence-electron chi connectivity index (χ1n) is 7.16. The molecular weight excluding hydrogens is 286 g/mol. The van der Waals surface area contributed by atoms with E-state index in [1.165, 1.54) is 11.1 Å². The van der Waals surface area contributed by atoms with E-state index in [1.807, 2.05) is 30.2 Å². The summed E-state index contributed by atoms with van der Waals surface area (Å²) in [7, 11) is 3.30. The van der Waals surface area contributed by atoms with Gasteiger partial charge < -0.3 is 14.4 Å². The van der Waals surface area contributed by atoms with Crippen molar-refractivity contribution in [2.45, 2.75) is 25.0 Å². The van der Waals surface area contributed by atoms with E-state index in [2.05, 4.69) is 0 Å². The van der Waals surface area contributed by atoms with Gasteiger partial charge in [-0.3, -0.25) is 4.79 Å². The second-order valence-electron chi connectivity index (χ2n) is 5.18. The Balaban J connectivity index is 2.19. The Labute approximate surface area is 130 Å². The molecule has 116 valence electrons. The normalized spacial score (nSPS) is 15.9. The summed E-state index contributed by atoms with van der Waals surface area (Å²) >= 11 is 1.60. The third kappa shape index (κ3) is 3.46. The highest BCUT2D eigenvalue weighted by Gasteiger charge is 2.23. The number of hydrogen-bond donors (Lipinski definition) is 0. The summed E-state index contributed by atoms with van der Waals surface area (Å²) < 4.78 is 10.7. The average molecular weight is 309 g/mol. The van der Waals surface area contributed by atoms with Crippen LogP contribution in [-0.4, -0.2) is 49.6 Å². The summed E-state index contributed by atoms with van der Waals surface area (Å²) in [4.78, 5) is 14.3. The number of methoxy groups -OCH3 is 2. The molecule has 21 heavy (non-hydrogen) atoms. The predicted molar refractivity (Wildman–Crippen MR) is 86.5 cm³/mol. The molecule has 1 atom stereocenters. The number of hydrogen-bond acceptors (Lipinski definition) is 4. The maximum Gasteiger partial charge on any atom is 0.235 e. The monoisotopic (exact) mass is 309 g/mol. The Morgan fingerprint density at radius 1 is 1.14 bits per heavy atom. The second kappa shape index (κ2) is 7.07. The lowest BCUT2D eigenvalue weighted by atomic mass is 10.0. The lowest BCUT2D eigenvalue weighted by Gasteiger charge is -2.23. The van der Waals surface area contributed by atoms with Gasteiger partial charge in [0.25, 0.3) is 0 Å². The summed E-state index contributed by atoms with van der Waals surface area (Å²) in [5.41, 5.74) is 2.50. The lowest BCUT2D eigenvalue weighted by molar-refractivity contribution is -0.130. The van der Waals surface area contributed by atoms with Gasteiger partial charge in [-0.2, -0.15) is 11.8 Å². The quantitative estimate of drug-likeness (QED) is 0.856. The van der Waals surface area contributed by atoms with Gasteiger partial charge >= 0.3 is 0 Å². The first-order valence-corrected chi connectivity index (χ1v) is 8.44. The number of thioether (sulfide) groups is 1. The van der Waals surface area contributed by atoms with Crippen LogP contribution in [0.15, 0.2) is 12.1 Å². The minimum absolute atomic E-state index is 0.0234. The zero-order chi connectivity index (χ0) is 15.4. The zero-order valence-electron chi connectivity index (χ0n) is 13.1. The van der Waals surface area contributed by atoms with Crippen LogP contribution in [0, 0.1) is 0 Å². The van der Waals surface area contributed by atoms with E-state index in [0.717, 1.165) is 37.4 Å². The molecule has 1 amide bonds. The molecule has 1 heterocycles. The van der Waals surface area contributed by atoms with Crippen LogP contribution in [0.4, 0.5) is 0 Å². The molecule has 0 saturated carbocycles. The lowest BCUT2D eigenvalue weighted by Crippen LogP contribution is -2.38. The molecule has 5 heteroatoms. The Kier molecular flexibility index (Phi) is 5.39. The second-order valence-corrected chi connectivity index (χ2v) is 6.36. The summed E-state index contributed by atoms with van der Waals surface area (Å²) in [5.74, 6) is 1.75. The van der Waals surface area contributed by atoms with Crippen LogP contribution in [0.1, 0.15) is 18.1 Å². The fourth-order valence-electron chi connectivity index (χ4n) is 2.63. The highest BCUT2D eigenvalue weighted by Crippen LogP contribution is 2.32. The number of carbonyl (C=O) groups excluding carboxylic acids is 1. The zero-order valence-corrected chi connectivity index (χ0v) is 14.0. The van der Waals surface area contributed by atoms with E-state index in [0.29, 0.717) is 0 Å². The molecule has 0 spiro atoms. The highest BCUT2D eigenvalue weighted by atomic mass is 32.2. The highest BCUT2D eigenvalue weighted by molar-refractivity contribution is 7.99. The third-order valence-corrected chi connectivity index (χ3v) is 4.93. The smallest absolute Gasteiger partial charge is 0.235 e. The van der Waals surface area contributed by atoms with Crippen LogP contribution < -0.4 is 9.47 Å². The van der Waals surface area contributed by atoms with Crippen molar-refractivity contribution >= 4 is 17.7 Å². The number of ether oxygens (including phenoxy) is 2. The Bertz CT molecular complexity index is 483. The number of fused-ring (bicyclic) bond motifs is 1. The van der Waals surface area contributed by atoms with Crippen molar-refractivity contribution in [3.05, 3.63) is 23.3 Å². The van der Waals surface area contributed by atoms with Crippen LogP contribution in [-0.2, 0) is 17.6 Å². The van der Waals surface area contributed by atoms with Crippen molar-refractivity contribution in [1.82, 2.24) is 4.90 Å². The molecule has 4 nitrogen and oxygen atoms in total. The van der Waals surface area contributed by atoms with Crippen LogP contribution in [0.2, 0.25) is 0 Å². The van der Waals surface area contributed by atoms with Crippen LogP contribution in [0.3, 0.4) is 0 Å². The van der Waals surface area contributed by atoms with Gasteiger partial charge in [0.2, 0.25) is 5.91 Å². The molecule has 0 aromatic heterocycles. The van der Waals surface area contributed by atoms with E-state index < -0.39 is 0 Å². The average Bonchev–Trinajstić information content (AvgIpc) is 2.73. The molecular formula is C16H23NO3S. The molecule has 0 fully saturated rings. The fourth-order valence-corrected chi connectivity index (χ4v) is 2.98. The topological polar surface area (TPSA) is 38.8 Å². The van der Waals surface area contributed by atoms with Crippen LogP contribution in [0.5, 0.6) is 11.5 Å². The standard InChI is InChI=1S/C16H23NO3S/c1-11(21-4)16(18)17-7-5-12-9-14(19-2)15(20-3)10-13(12)6-8-17/h9-11H,5-8H2,1-4H3. The van der Waals surface area contributed by atoms with E-state index in [1.54, 1.807) is 26.0 Å². The molecule has 0 aliphatic carbocycles.